The van der Waals surface area contributed by atoms with Crippen LogP contribution in [-0.2, 0) is 4.79 Å². The van der Waals surface area contributed by atoms with Gasteiger partial charge in [-0.05, 0) is 24.8 Å². The van der Waals surface area contributed by atoms with Crippen LogP contribution in [0.5, 0.6) is 0 Å². The molecule has 1 aliphatic heterocycles. The molecule has 1 saturated heterocycles. The second-order valence-corrected chi connectivity index (χ2v) is 5.30. The van der Waals surface area contributed by atoms with E-state index in [2.05, 4.69) is 18.7 Å². The third-order valence-electron chi connectivity index (χ3n) is 3.16. The number of carbonyl (C=O) groups excluding carboxylic acids is 1. The maximum Gasteiger partial charge on any atom is 0.219 e. The average molecular weight is 213 g/mol. The van der Waals surface area contributed by atoms with Gasteiger partial charge in [-0.15, -0.1) is 0 Å². The van der Waals surface area contributed by atoms with E-state index in [-0.39, 0.29) is 11.9 Å². The first-order valence-corrected chi connectivity index (χ1v) is 5.67. The molecule has 15 heavy (non-hydrogen) atoms. The standard InChI is InChI=1S/C11H23N3O/c1-11(2)4-3-5-14(8-11)9(7-12)6-10(13)15/h9H,3-8,12H2,1-2H3,(H2,13,15). The van der Waals surface area contributed by atoms with Crippen molar-refractivity contribution in [3.63, 3.8) is 0 Å². The smallest absolute Gasteiger partial charge is 0.219 e. The number of hydrogen-bond acceptors (Lipinski definition) is 3. The van der Waals surface area contributed by atoms with Crippen LogP contribution < -0.4 is 11.5 Å². The number of likely N-dealkylation sites (tertiary alicyclic amines) is 1. The SMILES string of the molecule is CC1(C)CCCN(C(CN)CC(N)=O)C1. The van der Waals surface area contributed by atoms with Gasteiger partial charge in [0, 0.05) is 25.6 Å². The van der Waals surface area contributed by atoms with Crippen molar-refractivity contribution < 1.29 is 4.79 Å². The van der Waals surface area contributed by atoms with Gasteiger partial charge >= 0.3 is 0 Å². The lowest BCUT2D eigenvalue weighted by molar-refractivity contribution is -0.119. The van der Waals surface area contributed by atoms with Crippen LogP contribution in [0.25, 0.3) is 0 Å². The Bertz CT molecular complexity index is 228. The van der Waals surface area contributed by atoms with Crippen molar-refractivity contribution in [2.24, 2.45) is 16.9 Å². The molecule has 88 valence electrons. The molecule has 0 aliphatic carbocycles. The minimum absolute atomic E-state index is 0.127. The molecule has 1 rings (SSSR count). The van der Waals surface area contributed by atoms with Crippen LogP contribution in [0, 0.1) is 5.41 Å². The van der Waals surface area contributed by atoms with Crippen molar-refractivity contribution in [3.8, 4) is 0 Å². The molecule has 1 aliphatic rings. The van der Waals surface area contributed by atoms with E-state index in [0.29, 0.717) is 18.4 Å². The second kappa shape index (κ2) is 4.94. The molecule has 0 aromatic heterocycles. The van der Waals surface area contributed by atoms with Crippen LogP contribution in [0.3, 0.4) is 0 Å². The molecule has 0 aromatic rings. The highest BCUT2D eigenvalue weighted by atomic mass is 16.1. The minimum Gasteiger partial charge on any atom is -0.370 e. The summed E-state index contributed by atoms with van der Waals surface area (Å²) in [6.07, 6.45) is 2.81. The summed E-state index contributed by atoms with van der Waals surface area (Å²) in [4.78, 5) is 13.2. The fourth-order valence-corrected chi connectivity index (χ4v) is 2.37. The number of amides is 1. The third kappa shape index (κ3) is 3.80. The highest BCUT2D eigenvalue weighted by Crippen LogP contribution is 2.29. The summed E-state index contributed by atoms with van der Waals surface area (Å²) in [6, 6.07) is 0.127. The van der Waals surface area contributed by atoms with Gasteiger partial charge in [-0.25, -0.2) is 0 Å². The predicted octanol–water partition coefficient (Wildman–Crippen LogP) is 0.311. The zero-order valence-corrected chi connectivity index (χ0v) is 9.83. The van der Waals surface area contributed by atoms with Crippen LogP contribution in [0.15, 0.2) is 0 Å². The lowest BCUT2D eigenvalue weighted by atomic mass is 9.83. The fraction of sp³-hybridized carbons (Fsp3) is 0.909. The summed E-state index contributed by atoms with van der Waals surface area (Å²) in [6.45, 7) is 7.09. The Kier molecular flexibility index (Phi) is 4.11. The molecular weight excluding hydrogens is 190 g/mol. The lowest BCUT2D eigenvalue weighted by Gasteiger charge is -2.41. The zero-order chi connectivity index (χ0) is 11.5. The number of piperidine rings is 1. The van der Waals surface area contributed by atoms with Crippen molar-refractivity contribution in [3.05, 3.63) is 0 Å². The molecule has 0 spiro atoms. The number of carbonyl (C=O) groups is 1. The van der Waals surface area contributed by atoms with E-state index in [9.17, 15) is 4.79 Å². The molecule has 0 saturated carbocycles. The number of nitrogens with zero attached hydrogens (tertiary/aromatic N) is 1. The molecule has 1 atom stereocenters. The fourth-order valence-electron chi connectivity index (χ4n) is 2.37. The Morgan fingerprint density at radius 3 is 2.67 bits per heavy atom. The maximum atomic E-state index is 10.9. The minimum atomic E-state index is -0.256. The first-order valence-electron chi connectivity index (χ1n) is 5.67. The van der Waals surface area contributed by atoms with Crippen molar-refractivity contribution >= 4 is 5.91 Å². The molecule has 4 N–H and O–H groups in total. The summed E-state index contributed by atoms with van der Waals surface area (Å²) in [5, 5.41) is 0. The van der Waals surface area contributed by atoms with Crippen LogP contribution in [0.4, 0.5) is 0 Å². The first kappa shape index (κ1) is 12.5. The number of rotatable bonds is 4. The van der Waals surface area contributed by atoms with Crippen LogP contribution in [-0.4, -0.2) is 36.5 Å². The van der Waals surface area contributed by atoms with Gasteiger partial charge in [0.1, 0.15) is 0 Å². The van der Waals surface area contributed by atoms with Crippen molar-refractivity contribution in [1.82, 2.24) is 4.90 Å². The van der Waals surface area contributed by atoms with Gasteiger partial charge in [0.15, 0.2) is 0 Å². The van der Waals surface area contributed by atoms with E-state index in [1.165, 1.54) is 12.8 Å². The summed E-state index contributed by atoms with van der Waals surface area (Å²) in [5.74, 6) is -0.256. The molecule has 4 nitrogen and oxygen atoms in total. The van der Waals surface area contributed by atoms with E-state index in [4.69, 9.17) is 11.5 Å². The maximum absolute atomic E-state index is 10.9. The second-order valence-electron chi connectivity index (χ2n) is 5.30. The highest BCUT2D eigenvalue weighted by Gasteiger charge is 2.30. The zero-order valence-electron chi connectivity index (χ0n) is 9.83. The third-order valence-corrected chi connectivity index (χ3v) is 3.16. The van der Waals surface area contributed by atoms with Gasteiger partial charge in [0.05, 0.1) is 0 Å². The summed E-state index contributed by atoms with van der Waals surface area (Å²) < 4.78 is 0. The Labute approximate surface area is 92.0 Å². The molecular formula is C11H23N3O. The monoisotopic (exact) mass is 213 g/mol. The Morgan fingerprint density at radius 1 is 1.53 bits per heavy atom. The summed E-state index contributed by atoms with van der Waals surface area (Å²) in [5.41, 5.74) is 11.2. The van der Waals surface area contributed by atoms with E-state index in [1.54, 1.807) is 0 Å². The molecule has 0 radical (unpaired) electrons. The normalized spacial score (nSPS) is 23.7. The van der Waals surface area contributed by atoms with Gasteiger partial charge < -0.3 is 11.5 Å². The average Bonchev–Trinajstić information content (AvgIpc) is 2.12. The molecule has 1 unspecified atom stereocenters. The van der Waals surface area contributed by atoms with Crippen LogP contribution >= 0.6 is 0 Å². The van der Waals surface area contributed by atoms with E-state index in [1.807, 2.05) is 0 Å². The Morgan fingerprint density at radius 2 is 2.20 bits per heavy atom. The topological polar surface area (TPSA) is 72.3 Å². The molecule has 1 amide bonds. The van der Waals surface area contributed by atoms with Crippen LogP contribution in [0.2, 0.25) is 0 Å². The quantitative estimate of drug-likeness (QED) is 0.706. The molecule has 1 heterocycles. The van der Waals surface area contributed by atoms with E-state index >= 15 is 0 Å². The predicted molar refractivity (Wildman–Crippen MR) is 61.2 cm³/mol. The molecule has 0 bridgehead atoms. The van der Waals surface area contributed by atoms with Gasteiger partial charge in [0.25, 0.3) is 0 Å². The van der Waals surface area contributed by atoms with Gasteiger partial charge in [-0.3, -0.25) is 9.69 Å². The number of primary amides is 1. The lowest BCUT2D eigenvalue weighted by Crippen LogP contribution is -2.50. The molecule has 4 heteroatoms. The van der Waals surface area contributed by atoms with Crippen molar-refractivity contribution in [2.45, 2.75) is 39.2 Å². The number of nitrogens with two attached hydrogens (primary N) is 2. The number of hydrogen-bond donors (Lipinski definition) is 2. The highest BCUT2D eigenvalue weighted by molar-refractivity contribution is 5.74. The summed E-state index contributed by atoms with van der Waals surface area (Å²) in [7, 11) is 0. The van der Waals surface area contributed by atoms with Gasteiger partial charge in [0.2, 0.25) is 5.91 Å². The van der Waals surface area contributed by atoms with E-state index in [0.717, 1.165) is 13.1 Å². The Balaban J connectivity index is 2.56. The molecule has 1 fully saturated rings. The van der Waals surface area contributed by atoms with Gasteiger partial charge in [-0.2, -0.15) is 0 Å². The Hall–Kier alpha value is -0.610. The van der Waals surface area contributed by atoms with Crippen molar-refractivity contribution in [2.75, 3.05) is 19.6 Å². The summed E-state index contributed by atoms with van der Waals surface area (Å²) >= 11 is 0. The molecule has 0 aromatic carbocycles. The van der Waals surface area contributed by atoms with E-state index < -0.39 is 0 Å². The van der Waals surface area contributed by atoms with Gasteiger partial charge in [-0.1, -0.05) is 13.8 Å². The largest absolute Gasteiger partial charge is 0.370 e. The van der Waals surface area contributed by atoms with Crippen LogP contribution in [0.1, 0.15) is 33.1 Å². The van der Waals surface area contributed by atoms with Crippen molar-refractivity contribution in [1.29, 1.82) is 0 Å². The first-order chi connectivity index (χ1) is 6.94.